The second-order valence-electron chi connectivity index (χ2n) is 6.31. The van der Waals surface area contributed by atoms with E-state index in [2.05, 4.69) is 15.5 Å². The fourth-order valence-corrected chi connectivity index (χ4v) is 3.15. The lowest BCUT2D eigenvalue weighted by Gasteiger charge is -2.10. The Hall–Kier alpha value is -3.12. The van der Waals surface area contributed by atoms with E-state index in [1.165, 1.54) is 0 Å². The minimum absolute atomic E-state index is 0.107. The molecule has 0 bridgehead atoms. The molecule has 0 fully saturated rings. The molecular formula is C20H17ClN4O2. The minimum atomic E-state index is -0.172. The van der Waals surface area contributed by atoms with Crippen molar-refractivity contribution in [3.05, 3.63) is 65.0 Å². The molecule has 27 heavy (non-hydrogen) atoms. The predicted molar refractivity (Wildman–Crippen MR) is 105 cm³/mol. The van der Waals surface area contributed by atoms with Crippen LogP contribution in [0.1, 0.15) is 11.5 Å². The molecule has 0 saturated heterocycles. The number of nitrogens with zero attached hydrogens (tertiary/aromatic N) is 3. The number of rotatable bonds is 4. The van der Waals surface area contributed by atoms with Crippen molar-refractivity contribution in [2.45, 2.75) is 20.4 Å². The Morgan fingerprint density at radius 2 is 1.96 bits per heavy atom. The van der Waals surface area contributed by atoms with E-state index >= 15 is 0 Å². The fraction of sp³-hybridized carbons (Fsp3) is 0.150. The van der Waals surface area contributed by atoms with Crippen LogP contribution in [0.5, 0.6) is 0 Å². The second kappa shape index (κ2) is 6.89. The Morgan fingerprint density at radius 1 is 1.15 bits per heavy atom. The number of anilines is 1. The van der Waals surface area contributed by atoms with Crippen molar-refractivity contribution in [3.8, 4) is 11.6 Å². The molecule has 0 saturated carbocycles. The molecule has 4 rings (SSSR count). The van der Waals surface area contributed by atoms with Crippen molar-refractivity contribution in [3.63, 3.8) is 0 Å². The summed E-state index contributed by atoms with van der Waals surface area (Å²) in [5, 5.41) is 12.5. The van der Waals surface area contributed by atoms with Gasteiger partial charge in [0, 0.05) is 28.5 Å². The van der Waals surface area contributed by atoms with Gasteiger partial charge in [-0.2, -0.15) is 0 Å². The van der Waals surface area contributed by atoms with E-state index in [0.717, 1.165) is 16.5 Å². The second-order valence-corrected chi connectivity index (χ2v) is 6.72. The van der Waals surface area contributed by atoms with Crippen molar-refractivity contribution in [1.29, 1.82) is 0 Å². The topological polar surface area (TPSA) is 73.0 Å². The summed E-state index contributed by atoms with van der Waals surface area (Å²) in [4.78, 5) is 12.7. The van der Waals surface area contributed by atoms with Crippen LogP contribution in [0.4, 0.5) is 5.69 Å². The van der Waals surface area contributed by atoms with Gasteiger partial charge in [0.1, 0.15) is 12.2 Å². The van der Waals surface area contributed by atoms with Gasteiger partial charge in [0.05, 0.1) is 0 Å². The number of para-hydroxylation sites is 1. The largest absolute Gasteiger partial charge is 0.420 e. The van der Waals surface area contributed by atoms with E-state index < -0.39 is 0 Å². The average Bonchev–Trinajstić information content (AvgIpc) is 3.22. The Bertz CT molecular complexity index is 1150. The number of aromatic nitrogens is 3. The van der Waals surface area contributed by atoms with Crippen LogP contribution in [0.25, 0.3) is 22.5 Å². The summed E-state index contributed by atoms with van der Waals surface area (Å²) in [6.07, 6.45) is 0. The molecule has 0 spiro atoms. The Kier molecular flexibility index (Phi) is 4.41. The first-order valence-corrected chi connectivity index (χ1v) is 8.84. The first-order chi connectivity index (χ1) is 13.0. The lowest BCUT2D eigenvalue weighted by Crippen LogP contribution is -2.19. The molecule has 0 aliphatic rings. The van der Waals surface area contributed by atoms with Crippen LogP contribution in [-0.2, 0) is 11.3 Å². The Balaban J connectivity index is 1.68. The number of halogens is 1. The number of aryl methyl sites for hydroxylation is 2. The van der Waals surface area contributed by atoms with E-state index in [4.69, 9.17) is 16.0 Å². The maximum atomic E-state index is 12.7. The molecule has 136 valence electrons. The zero-order valence-corrected chi connectivity index (χ0v) is 15.6. The van der Waals surface area contributed by atoms with Crippen molar-refractivity contribution in [2.24, 2.45) is 0 Å². The first kappa shape index (κ1) is 17.3. The van der Waals surface area contributed by atoms with Gasteiger partial charge in [-0.15, -0.1) is 10.2 Å². The number of amides is 1. The van der Waals surface area contributed by atoms with E-state index in [-0.39, 0.29) is 12.5 Å². The zero-order chi connectivity index (χ0) is 19.0. The maximum absolute atomic E-state index is 12.7. The van der Waals surface area contributed by atoms with Crippen LogP contribution in [0.2, 0.25) is 5.02 Å². The van der Waals surface area contributed by atoms with Crippen LogP contribution in [0.15, 0.2) is 52.9 Å². The van der Waals surface area contributed by atoms with Crippen LogP contribution in [0.3, 0.4) is 0 Å². The molecule has 7 heteroatoms. The predicted octanol–water partition coefficient (Wildman–Crippen LogP) is 4.60. The number of fused-ring (bicyclic) bond motifs is 1. The standard InChI is InChI=1S/C20H17ClN4O2/c1-12-7-8-15(10-16(12)21)22-19(26)11-25-17-6-4-3-5-14(17)9-18(25)20-24-23-13(2)27-20/h3-10H,11H2,1-2H3,(H,22,26). The van der Waals surface area contributed by atoms with Gasteiger partial charge in [0.25, 0.3) is 5.89 Å². The van der Waals surface area contributed by atoms with Crippen molar-refractivity contribution >= 4 is 34.1 Å². The third-order valence-corrected chi connectivity index (χ3v) is 4.72. The molecule has 0 radical (unpaired) electrons. The minimum Gasteiger partial charge on any atom is -0.420 e. The van der Waals surface area contributed by atoms with E-state index in [0.29, 0.717) is 28.2 Å². The Morgan fingerprint density at radius 3 is 2.70 bits per heavy atom. The van der Waals surface area contributed by atoms with Gasteiger partial charge in [0.15, 0.2) is 0 Å². The summed E-state index contributed by atoms with van der Waals surface area (Å²) >= 11 is 6.14. The molecule has 0 aliphatic carbocycles. The molecule has 2 aromatic heterocycles. The third kappa shape index (κ3) is 3.44. The maximum Gasteiger partial charge on any atom is 0.264 e. The molecule has 1 N–H and O–H groups in total. The van der Waals surface area contributed by atoms with Gasteiger partial charge in [-0.25, -0.2) is 0 Å². The highest BCUT2D eigenvalue weighted by Gasteiger charge is 2.17. The van der Waals surface area contributed by atoms with Crippen molar-refractivity contribution < 1.29 is 9.21 Å². The van der Waals surface area contributed by atoms with Gasteiger partial charge in [0.2, 0.25) is 11.8 Å². The molecule has 4 aromatic rings. The number of benzene rings is 2. The third-order valence-electron chi connectivity index (χ3n) is 4.31. The molecule has 0 unspecified atom stereocenters. The van der Waals surface area contributed by atoms with E-state index in [1.54, 1.807) is 13.0 Å². The van der Waals surface area contributed by atoms with Gasteiger partial charge in [-0.05, 0) is 36.8 Å². The van der Waals surface area contributed by atoms with E-state index in [9.17, 15) is 4.79 Å². The summed E-state index contributed by atoms with van der Waals surface area (Å²) in [7, 11) is 0. The lowest BCUT2D eigenvalue weighted by atomic mass is 10.2. The number of carbonyl (C=O) groups is 1. The van der Waals surface area contributed by atoms with Crippen LogP contribution in [0, 0.1) is 13.8 Å². The summed E-state index contributed by atoms with van der Waals surface area (Å²) in [5.41, 5.74) is 3.23. The highest BCUT2D eigenvalue weighted by Crippen LogP contribution is 2.28. The average molecular weight is 381 g/mol. The summed E-state index contributed by atoms with van der Waals surface area (Å²) in [5.74, 6) is 0.684. The molecule has 2 heterocycles. The normalized spacial score (nSPS) is 11.1. The fourth-order valence-electron chi connectivity index (χ4n) is 2.97. The molecule has 0 atom stereocenters. The summed E-state index contributed by atoms with van der Waals surface area (Å²) in [6, 6.07) is 15.2. The number of carbonyl (C=O) groups excluding carboxylic acids is 1. The van der Waals surface area contributed by atoms with Gasteiger partial charge in [-0.1, -0.05) is 35.9 Å². The smallest absolute Gasteiger partial charge is 0.264 e. The highest BCUT2D eigenvalue weighted by atomic mass is 35.5. The molecular weight excluding hydrogens is 364 g/mol. The van der Waals surface area contributed by atoms with Crippen LogP contribution < -0.4 is 5.32 Å². The molecule has 0 aliphatic heterocycles. The number of nitrogens with one attached hydrogen (secondary N) is 1. The number of hydrogen-bond acceptors (Lipinski definition) is 4. The number of hydrogen-bond donors (Lipinski definition) is 1. The quantitative estimate of drug-likeness (QED) is 0.561. The lowest BCUT2D eigenvalue weighted by molar-refractivity contribution is -0.116. The Labute approximate surface area is 160 Å². The molecule has 2 aromatic carbocycles. The van der Waals surface area contributed by atoms with Gasteiger partial charge in [-0.3, -0.25) is 4.79 Å². The highest BCUT2D eigenvalue weighted by molar-refractivity contribution is 6.31. The van der Waals surface area contributed by atoms with Crippen LogP contribution >= 0.6 is 11.6 Å². The SMILES string of the molecule is Cc1nnc(-c2cc3ccccc3n2CC(=O)Nc2ccc(C)c(Cl)c2)o1. The van der Waals surface area contributed by atoms with Crippen LogP contribution in [-0.4, -0.2) is 20.7 Å². The first-order valence-electron chi connectivity index (χ1n) is 8.46. The monoisotopic (exact) mass is 380 g/mol. The molecule has 6 nitrogen and oxygen atoms in total. The van der Waals surface area contributed by atoms with Gasteiger partial charge >= 0.3 is 0 Å². The van der Waals surface area contributed by atoms with Gasteiger partial charge < -0.3 is 14.3 Å². The summed E-state index contributed by atoms with van der Waals surface area (Å²) < 4.78 is 7.44. The van der Waals surface area contributed by atoms with Crippen molar-refractivity contribution in [2.75, 3.05) is 5.32 Å². The summed E-state index contributed by atoms with van der Waals surface area (Å²) in [6.45, 7) is 3.76. The van der Waals surface area contributed by atoms with Crippen molar-refractivity contribution in [1.82, 2.24) is 14.8 Å². The molecule has 1 amide bonds. The zero-order valence-electron chi connectivity index (χ0n) is 14.9. The van der Waals surface area contributed by atoms with E-state index in [1.807, 2.05) is 54.0 Å².